The second-order valence-corrected chi connectivity index (χ2v) is 5.89. The van der Waals surface area contributed by atoms with Crippen molar-refractivity contribution in [2.24, 2.45) is 0 Å². The van der Waals surface area contributed by atoms with Crippen LogP contribution in [0.4, 0.5) is 5.69 Å². The summed E-state index contributed by atoms with van der Waals surface area (Å²) in [6.07, 6.45) is -0.226. The van der Waals surface area contributed by atoms with Crippen LogP contribution in [0.5, 0.6) is 0 Å². The molecule has 0 heterocycles. The Morgan fingerprint density at radius 2 is 1.72 bits per heavy atom. The van der Waals surface area contributed by atoms with E-state index in [1.165, 1.54) is 20.0 Å². The van der Waals surface area contributed by atoms with Crippen LogP contribution in [0, 0.1) is 0 Å². The molecule has 0 saturated heterocycles. The van der Waals surface area contributed by atoms with Gasteiger partial charge in [-0.15, -0.1) is 0 Å². The van der Waals surface area contributed by atoms with Gasteiger partial charge in [0.1, 0.15) is 0 Å². The highest BCUT2D eigenvalue weighted by molar-refractivity contribution is 5.98. The Bertz CT molecular complexity index is 789. The van der Waals surface area contributed by atoms with Crippen molar-refractivity contribution in [3.05, 3.63) is 65.7 Å². The van der Waals surface area contributed by atoms with Gasteiger partial charge in [-0.05, 0) is 30.7 Å². The number of hydrogen-bond donors (Lipinski definition) is 3. The predicted molar refractivity (Wildman–Crippen MR) is 94.5 cm³/mol. The van der Waals surface area contributed by atoms with E-state index in [1.54, 1.807) is 48.5 Å². The third kappa shape index (κ3) is 4.23. The van der Waals surface area contributed by atoms with E-state index in [0.29, 0.717) is 16.8 Å². The second-order valence-electron chi connectivity index (χ2n) is 5.89. The zero-order valence-corrected chi connectivity index (χ0v) is 14.1. The van der Waals surface area contributed by atoms with Crippen molar-refractivity contribution in [3.8, 4) is 0 Å². The number of carbonyl (C=O) groups excluding carboxylic acids is 2. The molecule has 3 N–H and O–H groups in total. The van der Waals surface area contributed by atoms with Gasteiger partial charge in [-0.1, -0.05) is 36.4 Å². The highest BCUT2D eigenvalue weighted by Crippen LogP contribution is 2.28. The summed E-state index contributed by atoms with van der Waals surface area (Å²) in [7, 11) is 1.52. The minimum absolute atomic E-state index is 0.226. The SMILES string of the molecule is CNC(=O)c1cccc(NC(=O)C[C@@](C)(C(=O)O)c2ccccc2)c1. The first-order chi connectivity index (χ1) is 11.9. The van der Waals surface area contributed by atoms with E-state index in [0.717, 1.165) is 0 Å². The van der Waals surface area contributed by atoms with E-state index in [2.05, 4.69) is 10.6 Å². The molecule has 2 aromatic carbocycles. The average Bonchev–Trinajstić information content (AvgIpc) is 2.61. The highest BCUT2D eigenvalue weighted by atomic mass is 16.4. The van der Waals surface area contributed by atoms with Crippen molar-refractivity contribution in [2.45, 2.75) is 18.8 Å². The van der Waals surface area contributed by atoms with E-state index < -0.39 is 17.3 Å². The maximum Gasteiger partial charge on any atom is 0.314 e. The molecule has 6 nitrogen and oxygen atoms in total. The van der Waals surface area contributed by atoms with Gasteiger partial charge in [0.05, 0.1) is 5.41 Å². The highest BCUT2D eigenvalue weighted by Gasteiger charge is 2.37. The lowest BCUT2D eigenvalue weighted by Gasteiger charge is -2.24. The van der Waals surface area contributed by atoms with Crippen molar-refractivity contribution in [1.82, 2.24) is 5.32 Å². The van der Waals surface area contributed by atoms with Crippen molar-refractivity contribution < 1.29 is 19.5 Å². The molecule has 1 atom stereocenters. The van der Waals surface area contributed by atoms with Crippen LogP contribution in [-0.4, -0.2) is 29.9 Å². The number of anilines is 1. The molecule has 2 amide bonds. The third-order valence-corrected chi connectivity index (χ3v) is 4.03. The number of carboxylic acids is 1. The number of aliphatic carboxylic acids is 1. The Labute approximate surface area is 145 Å². The predicted octanol–water partition coefficient (Wildman–Crippen LogP) is 2.42. The van der Waals surface area contributed by atoms with Crippen molar-refractivity contribution in [2.75, 3.05) is 12.4 Å². The number of hydrogen-bond acceptors (Lipinski definition) is 3. The summed E-state index contributed by atoms with van der Waals surface area (Å²) in [4.78, 5) is 35.8. The number of benzene rings is 2. The number of amides is 2. The molecule has 0 aliphatic heterocycles. The number of nitrogens with one attached hydrogen (secondary N) is 2. The fourth-order valence-corrected chi connectivity index (χ4v) is 2.52. The largest absolute Gasteiger partial charge is 0.481 e. The number of carboxylic acid groups (broad SMARTS) is 1. The molecule has 0 aromatic heterocycles. The Morgan fingerprint density at radius 1 is 1.04 bits per heavy atom. The van der Waals surface area contributed by atoms with E-state index in [4.69, 9.17) is 0 Å². The normalized spacial score (nSPS) is 12.7. The van der Waals surface area contributed by atoms with Gasteiger partial charge >= 0.3 is 5.97 Å². The molecule has 2 rings (SSSR count). The standard InChI is InChI=1S/C19H20N2O4/c1-19(18(24)25,14-8-4-3-5-9-14)12-16(22)21-15-10-6-7-13(11-15)17(23)20-2/h3-11H,12H2,1-2H3,(H,20,23)(H,21,22)(H,24,25)/t19-/m1/s1. The molecule has 0 fully saturated rings. The van der Waals surface area contributed by atoms with Crippen LogP contribution in [-0.2, 0) is 15.0 Å². The lowest BCUT2D eigenvalue weighted by Crippen LogP contribution is -2.36. The molecule has 6 heteroatoms. The zero-order chi connectivity index (χ0) is 18.4. The van der Waals surface area contributed by atoms with Gasteiger partial charge in [0.2, 0.25) is 5.91 Å². The van der Waals surface area contributed by atoms with Crippen LogP contribution in [0.15, 0.2) is 54.6 Å². The van der Waals surface area contributed by atoms with Crippen LogP contribution in [0.2, 0.25) is 0 Å². The molecular weight excluding hydrogens is 320 g/mol. The summed E-state index contributed by atoms with van der Waals surface area (Å²) in [6, 6.07) is 15.1. The summed E-state index contributed by atoms with van der Waals surface area (Å²) in [6.45, 7) is 1.52. The fraction of sp³-hybridized carbons (Fsp3) is 0.211. The van der Waals surface area contributed by atoms with Crippen molar-refractivity contribution >= 4 is 23.5 Å². The van der Waals surface area contributed by atoms with Crippen LogP contribution in [0.1, 0.15) is 29.3 Å². The molecule has 0 radical (unpaired) electrons. The first kappa shape index (κ1) is 18.2. The lowest BCUT2D eigenvalue weighted by atomic mass is 9.79. The van der Waals surface area contributed by atoms with E-state index in [1.807, 2.05) is 0 Å². The van der Waals surface area contributed by atoms with E-state index in [-0.39, 0.29) is 12.3 Å². The van der Waals surface area contributed by atoms with Gasteiger partial charge in [0.15, 0.2) is 0 Å². The summed E-state index contributed by atoms with van der Waals surface area (Å²) in [5, 5.41) is 14.8. The minimum Gasteiger partial charge on any atom is -0.481 e. The summed E-state index contributed by atoms with van der Waals surface area (Å²) >= 11 is 0. The number of rotatable bonds is 6. The Hall–Kier alpha value is -3.15. The van der Waals surface area contributed by atoms with Gasteiger partial charge in [-0.3, -0.25) is 14.4 Å². The van der Waals surface area contributed by atoms with Crippen LogP contribution in [0.25, 0.3) is 0 Å². The third-order valence-electron chi connectivity index (χ3n) is 4.03. The van der Waals surface area contributed by atoms with Gasteiger partial charge in [-0.25, -0.2) is 0 Å². The van der Waals surface area contributed by atoms with E-state index in [9.17, 15) is 19.5 Å². The lowest BCUT2D eigenvalue weighted by molar-refractivity contribution is -0.145. The van der Waals surface area contributed by atoms with Gasteiger partial charge < -0.3 is 15.7 Å². The molecule has 25 heavy (non-hydrogen) atoms. The summed E-state index contributed by atoms with van der Waals surface area (Å²) in [5.74, 6) is -1.79. The van der Waals surface area contributed by atoms with Crippen LogP contribution < -0.4 is 10.6 Å². The molecule has 0 bridgehead atoms. The first-order valence-electron chi connectivity index (χ1n) is 7.78. The smallest absolute Gasteiger partial charge is 0.314 e. The fourth-order valence-electron chi connectivity index (χ4n) is 2.52. The Kier molecular flexibility index (Phi) is 5.54. The summed E-state index contributed by atoms with van der Waals surface area (Å²) in [5.41, 5.74) is 0.0528. The molecule has 130 valence electrons. The molecule has 2 aromatic rings. The first-order valence-corrected chi connectivity index (χ1v) is 7.78. The number of carbonyl (C=O) groups is 3. The van der Waals surface area contributed by atoms with Gasteiger partial charge in [0.25, 0.3) is 5.91 Å². The molecular formula is C19H20N2O4. The molecule has 0 spiro atoms. The molecule has 0 aliphatic rings. The van der Waals surface area contributed by atoms with Crippen LogP contribution in [0.3, 0.4) is 0 Å². The van der Waals surface area contributed by atoms with Crippen LogP contribution >= 0.6 is 0 Å². The molecule has 0 aliphatic carbocycles. The minimum atomic E-state index is -1.34. The maximum atomic E-state index is 12.4. The maximum absolute atomic E-state index is 12.4. The second kappa shape index (κ2) is 7.61. The monoisotopic (exact) mass is 340 g/mol. The Balaban J connectivity index is 2.18. The zero-order valence-electron chi connectivity index (χ0n) is 14.1. The van der Waals surface area contributed by atoms with Crippen molar-refractivity contribution in [3.63, 3.8) is 0 Å². The molecule has 0 saturated carbocycles. The Morgan fingerprint density at radius 3 is 2.32 bits per heavy atom. The van der Waals surface area contributed by atoms with Gasteiger partial charge in [-0.2, -0.15) is 0 Å². The van der Waals surface area contributed by atoms with E-state index >= 15 is 0 Å². The quantitative estimate of drug-likeness (QED) is 0.752. The topological polar surface area (TPSA) is 95.5 Å². The van der Waals surface area contributed by atoms with Crippen molar-refractivity contribution in [1.29, 1.82) is 0 Å². The summed E-state index contributed by atoms with van der Waals surface area (Å²) < 4.78 is 0. The van der Waals surface area contributed by atoms with Gasteiger partial charge in [0, 0.05) is 24.7 Å². The average molecular weight is 340 g/mol. The molecule has 0 unspecified atom stereocenters.